The number of carbonyl (C=O) groups is 6. The average Bonchev–Trinajstić information content (AvgIpc) is 0.840. The molecule has 0 saturated carbocycles. The first-order chi connectivity index (χ1) is 44.0. The number of ketones is 1. The van der Waals surface area contributed by atoms with Gasteiger partial charge in [0.25, 0.3) is 0 Å². The van der Waals surface area contributed by atoms with Crippen molar-refractivity contribution in [1.82, 2.24) is 19.4 Å². The van der Waals surface area contributed by atoms with Gasteiger partial charge < -0.3 is 53.3 Å². The maximum atomic E-state index is 13.0. The second-order valence-corrected chi connectivity index (χ2v) is 21.7. The standard InChI is InChI=1S/2C15H14FNO3.2C10H12BrNO3.C9H9BrO3.C6H5BFO2/c1-3-20-14-12(10-4-6-11(16)7-5-10)8-17-9(2)13(14)15(18)19;1-3-17-8-12(10-4-6-11(16)7-5-10)14(18)13(9(17)2)15(19)20;1-4-15-9-7(11)5-12-6(2)8(9)10(13)14-3;1-4-12-5-7(11)9(13)8(6(12)2)10(14)15-3;1-5-3-4-6(10)8(11)7(5)9(12)13-2;8-5-1-3-6(4-2-5)10-7-9/h4-8H,3H2,1-2H3,(H,18,19);4-8H,3H2,1-2H3,(H,19,20);5,9H,3-4H2,1-2H3;5H,4H2,1-3H3;4H,3H2,1-2H3;1-4,9H/p+1. The molecule has 28 heteroatoms. The van der Waals surface area contributed by atoms with E-state index < -0.39 is 47.2 Å². The van der Waals surface area contributed by atoms with Crippen molar-refractivity contribution in [3.05, 3.63) is 211 Å². The minimum absolute atomic E-state index is 0.0358. The lowest BCUT2D eigenvalue weighted by atomic mass is 9.97. The number of rotatable bonds is 15. The number of nitrogens with one attached hydrogen (secondary N) is 1. The number of Topliss-reactive ketones (excluding diaryl/α,β-unsaturated/α-hetero) is 1. The molecule has 4 N–H and O–H groups in total. The van der Waals surface area contributed by atoms with E-state index in [-0.39, 0.29) is 56.4 Å². The van der Waals surface area contributed by atoms with Crippen molar-refractivity contribution < 1.29 is 85.2 Å². The van der Waals surface area contributed by atoms with Crippen LogP contribution in [0.4, 0.5) is 13.2 Å². The normalized spacial score (nSPS) is 12.8. The molecule has 3 aromatic carbocycles. The third-order valence-corrected chi connectivity index (χ3v) is 15.1. The van der Waals surface area contributed by atoms with Gasteiger partial charge in [-0.05, 0) is 160 Å². The number of nitrogens with zero attached hydrogens (tertiary/aromatic N) is 3. The second kappa shape index (κ2) is 38.3. The van der Waals surface area contributed by atoms with E-state index in [4.69, 9.17) is 14.5 Å². The molecule has 1 unspecified atom stereocenters. The summed E-state index contributed by atoms with van der Waals surface area (Å²) in [6, 6.07) is 16.5. The molecule has 0 amide bonds. The Hall–Kier alpha value is -8.83. The fraction of sp³-hybridized carbons (Fsp3) is 0.262. The molecular formula is C65H67BBr3F3N4O17+. The maximum absolute atomic E-state index is 13.0. The zero-order valence-corrected chi connectivity index (χ0v) is 57.1. The Bertz CT molecular complexity index is 3970. The van der Waals surface area contributed by atoms with Crippen molar-refractivity contribution in [2.45, 2.75) is 87.9 Å². The third kappa shape index (κ3) is 21.6. The van der Waals surface area contributed by atoms with Crippen LogP contribution in [0.15, 0.2) is 149 Å². The molecule has 0 saturated heterocycles. The van der Waals surface area contributed by atoms with E-state index in [1.165, 1.54) is 74.9 Å². The number of allylic oxidation sites excluding steroid dienone is 4. The van der Waals surface area contributed by atoms with Crippen LogP contribution < -0.4 is 25.6 Å². The molecule has 6 aromatic rings. The fourth-order valence-electron chi connectivity index (χ4n) is 8.55. The summed E-state index contributed by atoms with van der Waals surface area (Å²) in [7, 11) is 3.08. The van der Waals surface area contributed by atoms with Gasteiger partial charge >= 0.3 is 37.5 Å². The number of dihydropyridines is 1. The summed E-state index contributed by atoms with van der Waals surface area (Å²) in [4.78, 5) is 96.3. The summed E-state index contributed by atoms with van der Waals surface area (Å²) >= 11 is 9.55. The largest absolute Gasteiger partial charge is 0.613 e. The molecule has 1 aliphatic carbocycles. The average molecular weight is 1480 g/mol. The number of methoxy groups -OCH3 is 2. The van der Waals surface area contributed by atoms with Crippen molar-refractivity contribution >= 4 is 97.9 Å². The minimum atomic E-state index is -1.25. The summed E-state index contributed by atoms with van der Waals surface area (Å²) in [6.07, 6.45) is 8.50. The first-order valence-electron chi connectivity index (χ1n) is 27.8. The number of aryl methyl sites for hydroxylation is 3. The maximum Gasteiger partial charge on any atom is 0.613 e. The fourth-order valence-corrected chi connectivity index (χ4v) is 9.83. The summed E-state index contributed by atoms with van der Waals surface area (Å²) < 4.78 is 72.2. The zero-order chi connectivity index (χ0) is 70.0. The van der Waals surface area contributed by atoms with E-state index >= 15 is 0 Å². The Morgan fingerprint density at radius 2 is 1.22 bits per heavy atom. The van der Waals surface area contributed by atoms with Gasteiger partial charge in [-0.15, -0.1) is 0 Å². The number of pyridine rings is 3. The van der Waals surface area contributed by atoms with Gasteiger partial charge in [-0.1, -0.05) is 51.8 Å². The number of carboxylic acid groups (broad SMARTS) is 2. The molecule has 2 aliphatic rings. The van der Waals surface area contributed by atoms with Gasteiger partial charge in [0.05, 0.1) is 40.3 Å². The predicted octanol–water partition coefficient (Wildman–Crippen LogP) is 11.6. The van der Waals surface area contributed by atoms with Crippen LogP contribution in [0.5, 0.6) is 11.5 Å². The lowest BCUT2D eigenvalue weighted by molar-refractivity contribution is -0.364. The summed E-state index contributed by atoms with van der Waals surface area (Å²) in [5.41, 5.74) is 4.44. The van der Waals surface area contributed by atoms with Crippen molar-refractivity contribution in [3.8, 4) is 33.8 Å². The number of ether oxygens (including phenoxy) is 4. The van der Waals surface area contributed by atoms with E-state index in [1.807, 2.05) is 25.3 Å². The molecule has 4 heterocycles. The van der Waals surface area contributed by atoms with Gasteiger partial charge in [-0.3, -0.25) is 23.8 Å². The van der Waals surface area contributed by atoms with Crippen molar-refractivity contribution in [2.75, 3.05) is 27.4 Å². The monoisotopic (exact) mass is 1480 g/mol. The van der Waals surface area contributed by atoms with Gasteiger partial charge in [0.15, 0.2) is 12.4 Å². The van der Waals surface area contributed by atoms with Crippen LogP contribution in [0.2, 0.25) is 0 Å². The number of aromatic nitrogens is 3. The highest BCUT2D eigenvalue weighted by Gasteiger charge is 2.36. The van der Waals surface area contributed by atoms with Crippen molar-refractivity contribution in [2.24, 2.45) is 0 Å². The van der Waals surface area contributed by atoms with Crippen LogP contribution in [0.3, 0.4) is 0 Å². The number of carbonyl (C=O) groups excluding carboxylic acids is 5. The van der Waals surface area contributed by atoms with E-state index in [1.54, 1.807) is 89.1 Å². The molecule has 0 bridgehead atoms. The first-order valence-corrected chi connectivity index (χ1v) is 30.2. The third-order valence-electron chi connectivity index (χ3n) is 13.3. The Balaban J connectivity index is 0.000000295. The lowest BCUT2D eigenvalue weighted by Gasteiger charge is -2.21. The Kier molecular flexibility index (Phi) is 32.3. The molecule has 1 atom stereocenters. The molecule has 0 spiro atoms. The highest BCUT2D eigenvalue weighted by Crippen LogP contribution is 2.35. The van der Waals surface area contributed by atoms with Crippen LogP contribution >= 0.6 is 47.8 Å². The van der Waals surface area contributed by atoms with Crippen LogP contribution in [-0.2, 0) is 46.1 Å². The minimum Gasteiger partial charge on any atom is -0.537 e. The molecule has 1 aliphatic heterocycles. The van der Waals surface area contributed by atoms with Gasteiger partial charge in [0.2, 0.25) is 16.6 Å². The molecule has 1 radical (unpaired) electrons. The molecular weight excluding hydrogens is 1420 g/mol. The van der Waals surface area contributed by atoms with E-state index in [9.17, 15) is 61.7 Å². The van der Waals surface area contributed by atoms with Crippen molar-refractivity contribution in [3.63, 3.8) is 0 Å². The number of benzene rings is 3. The Labute approximate surface area is 559 Å². The topological polar surface area (TPSA) is 289 Å². The predicted molar refractivity (Wildman–Crippen MR) is 353 cm³/mol. The van der Waals surface area contributed by atoms with Gasteiger partial charge in [0, 0.05) is 77.2 Å². The van der Waals surface area contributed by atoms with Crippen LogP contribution in [0, 0.1) is 38.2 Å². The van der Waals surface area contributed by atoms with Crippen LogP contribution in [-0.4, -0.2) is 113 Å². The smallest absolute Gasteiger partial charge is 0.537 e. The molecule has 8 rings (SSSR count). The highest BCUT2D eigenvalue weighted by atomic mass is 79.9. The molecule has 3 aromatic heterocycles. The molecule has 0 fully saturated rings. The summed E-state index contributed by atoms with van der Waals surface area (Å²) in [6.45, 7) is 21.1. The molecule has 21 nitrogen and oxygen atoms in total. The number of hydrogen-bond acceptors (Lipinski definition) is 16. The number of aromatic carboxylic acids is 2. The van der Waals surface area contributed by atoms with Crippen molar-refractivity contribution in [1.29, 1.82) is 0 Å². The Morgan fingerprint density at radius 1 is 0.710 bits per heavy atom. The summed E-state index contributed by atoms with van der Waals surface area (Å²) in [5, 5.41) is 29.6. The highest BCUT2D eigenvalue weighted by molar-refractivity contribution is 9.12. The zero-order valence-electron chi connectivity index (χ0n) is 52.4. The number of hydrogen-bond donors (Lipinski definition) is 4. The van der Waals surface area contributed by atoms with E-state index in [2.05, 4.69) is 83.4 Å². The van der Waals surface area contributed by atoms with E-state index in [0.717, 1.165) is 10.1 Å². The van der Waals surface area contributed by atoms with Crippen LogP contribution in [0.1, 0.15) is 96.1 Å². The summed E-state index contributed by atoms with van der Waals surface area (Å²) in [5.74, 6) is -4.71. The van der Waals surface area contributed by atoms with E-state index in [0.29, 0.717) is 100 Å². The lowest BCUT2D eigenvalue weighted by Crippen LogP contribution is -2.30. The van der Waals surface area contributed by atoms with Crippen LogP contribution in [0.25, 0.3) is 22.3 Å². The number of carboxylic acids is 2. The van der Waals surface area contributed by atoms with Gasteiger partial charge in [-0.2, -0.15) is 0 Å². The molecule has 93 heavy (non-hydrogen) atoms. The number of halogens is 6. The quantitative estimate of drug-likeness (QED) is 0.0321. The van der Waals surface area contributed by atoms with Gasteiger partial charge in [0.1, 0.15) is 57.3 Å². The van der Waals surface area contributed by atoms with Gasteiger partial charge in [-0.25, -0.2) is 32.3 Å². The Morgan fingerprint density at radius 3 is 1.69 bits per heavy atom. The SMILES string of the molecule is C=[O+]C(=O)C1=C(C)NC=C(Br)C1OCC.CCOc1c(-c2ccc(F)cc2)cnc(C)c1C(=O)O.CCn1cc(-c2ccc(F)cc2)c(=O)c(C(=O)O)c1C.CCn1cc(Br)c(=O)c(C(=O)OC)c1C.COC(=O)C1=C(C)CC=C(Br)C1=O.O[B]Oc1ccc(F)cc1. The second-order valence-electron chi connectivity index (χ2n) is 19.1. The first kappa shape index (κ1) is 78.4. The number of esters is 2. The molecule has 493 valence electrons.